The summed E-state index contributed by atoms with van der Waals surface area (Å²) in [4.78, 5) is 15.9. The number of rotatable bonds is 3. The largest absolute Gasteiger partial charge is 0.505 e. The van der Waals surface area contributed by atoms with Crippen LogP contribution in [0.1, 0.15) is 23.0 Å². The number of pyridine rings is 1. The molecule has 0 unspecified atom stereocenters. The van der Waals surface area contributed by atoms with E-state index in [0.717, 1.165) is 22.1 Å². The van der Waals surface area contributed by atoms with Crippen molar-refractivity contribution in [2.75, 3.05) is 5.32 Å². The van der Waals surface area contributed by atoms with E-state index < -0.39 is 5.91 Å². The standard InChI is InChI=1S/C14H13BrN2O2/c1-2-9-8-10(15)5-6-11(9)17-14(19)13-12(18)4-3-7-16-13/h3-8,18H,2H2,1H3,(H,17,19). The Morgan fingerprint density at radius 1 is 1.42 bits per heavy atom. The third-order valence-corrected chi connectivity index (χ3v) is 3.19. The second-order valence-electron chi connectivity index (χ2n) is 3.98. The molecule has 1 heterocycles. The fraction of sp³-hybridized carbons (Fsp3) is 0.143. The number of carbonyl (C=O) groups is 1. The van der Waals surface area contributed by atoms with Gasteiger partial charge < -0.3 is 10.4 Å². The van der Waals surface area contributed by atoms with Crippen molar-refractivity contribution in [1.29, 1.82) is 0 Å². The quantitative estimate of drug-likeness (QED) is 0.911. The molecule has 0 bridgehead atoms. The predicted octanol–water partition coefficient (Wildman–Crippen LogP) is 3.36. The number of anilines is 1. The van der Waals surface area contributed by atoms with E-state index in [1.54, 1.807) is 6.07 Å². The van der Waals surface area contributed by atoms with Crippen LogP contribution in [0, 0.1) is 0 Å². The van der Waals surface area contributed by atoms with Gasteiger partial charge in [0.1, 0.15) is 5.75 Å². The average Bonchev–Trinajstić information content (AvgIpc) is 2.41. The number of hydrogen-bond acceptors (Lipinski definition) is 3. The Labute approximate surface area is 119 Å². The summed E-state index contributed by atoms with van der Waals surface area (Å²) in [6.45, 7) is 2.01. The lowest BCUT2D eigenvalue weighted by atomic mass is 10.1. The summed E-state index contributed by atoms with van der Waals surface area (Å²) < 4.78 is 0.961. The molecule has 5 heteroatoms. The zero-order chi connectivity index (χ0) is 13.8. The average molecular weight is 321 g/mol. The number of aromatic hydroxyl groups is 1. The normalized spacial score (nSPS) is 10.2. The molecule has 2 rings (SSSR count). The van der Waals surface area contributed by atoms with Crippen molar-refractivity contribution in [3.63, 3.8) is 0 Å². The first-order valence-corrected chi connectivity index (χ1v) is 6.65. The number of benzene rings is 1. The van der Waals surface area contributed by atoms with Crippen molar-refractivity contribution < 1.29 is 9.90 Å². The number of nitrogens with zero attached hydrogens (tertiary/aromatic N) is 1. The molecule has 0 aliphatic rings. The Bertz CT molecular complexity index is 614. The van der Waals surface area contributed by atoms with Gasteiger partial charge in [-0.3, -0.25) is 4.79 Å². The molecule has 0 saturated heterocycles. The number of aromatic nitrogens is 1. The molecule has 0 aliphatic heterocycles. The summed E-state index contributed by atoms with van der Waals surface area (Å²) >= 11 is 3.39. The Hall–Kier alpha value is -1.88. The third-order valence-electron chi connectivity index (χ3n) is 2.70. The summed E-state index contributed by atoms with van der Waals surface area (Å²) in [7, 11) is 0. The minimum Gasteiger partial charge on any atom is -0.505 e. The van der Waals surface area contributed by atoms with E-state index in [4.69, 9.17) is 0 Å². The minimum absolute atomic E-state index is 0.0208. The Kier molecular flexibility index (Phi) is 4.16. The minimum atomic E-state index is -0.421. The van der Waals surface area contributed by atoms with E-state index in [2.05, 4.69) is 26.2 Å². The van der Waals surface area contributed by atoms with Gasteiger partial charge in [-0.15, -0.1) is 0 Å². The number of amides is 1. The van der Waals surface area contributed by atoms with Gasteiger partial charge in [-0.2, -0.15) is 0 Å². The molecular weight excluding hydrogens is 308 g/mol. The summed E-state index contributed by atoms with van der Waals surface area (Å²) in [6, 6.07) is 8.63. The third kappa shape index (κ3) is 3.12. The van der Waals surface area contributed by atoms with Crippen LogP contribution >= 0.6 is 15.9 Å². The first-order valence-electron chi connectivity index (χ1n) is 5.85. The van der Waals surface area contributed by atoms with Gasteiger partial charge in [-0.1, -0.05) is 22.9 Å². The molecule has 1 aromatic heterocycles. The van der Waals surface area contributed by atoms with Crippen molar-refractivity contribution in [3.8, 4) is 5.75 Å². The molecule has 2 N–H and O–H groups in total. The zero-order valence-electron chi connectivity index (χ0n) is 10.4. The van der Waals surface area contributed by atoms with Crippen molar-refractivity contribution >= 4 is 27.5 Å². The van der Waals surface area contributed by atoms with Gasteiger partial charge in [0.25, 0.3) is 5.91 Å². The van der Waals surface area contributed by atoms with E-state index in [1.165, 1.54) is 12.3 Å². The van der Waals surface area contributed by atoms with Crippen molar-refractivity contribution in [1.82, 2.24) is 4.98 Å². The van der Waals surface area contributed by atoms with Gasteiger partial charge in [-0.25, -0.2) is 4.98 Å². The van der Waals surface area contributed by atoms with Gasteiger partial charge in [-0.05, 0) is 42.3 Å². The molecule has 0 saturated carbocycles. The lowest BCUT2D eigenvalue weighted by Gasteiger charge is -2.10. The molecule has 4 nitrogen and oxygen atoms in total. The molecular formula is C14H13BrN2O2. The fourth-order valence-corrected chi connectivity index (χ4v) is 2.14. The lowest BCUT2D eigenvalue weighted by molar-refractivity contribution is 0.101. The second-order valence-corrected chi connectivity index (χ2v) is 4.90. The monoisotopic (exact) mass is 320 g/mol. The highest BCUT2D eigenvalue weighted by atomic mass is 79.9. The van der Waals surface area contributed by atoms with E-state index in [-0.39, 0.29) is 11.4 Å². The molecule has 2 aromatic rings. The SMILES string of the molecule is CCc1cc(Br)ccc1NC(=O)c1ncccc1O. The number of halogens is 1. The Morgan fingerprint density at radius 3 is 2.89 bits per heavy atom. The zero-order valence-corrected chi connectivity index (χ0v) is 11.9. The molecule has 98 valence electrons. The number of aryl methyl sites for hydroxylation is 1. The fourth-order valence-electron chi connectivity index (χ4n) is 1.73. The first kappa shape index (κ1) is 13.5. The second kappa shape index (κ2) is 5.84. The van der Waals surface area contributed by atoms with Crippen molar-refractivity contribution in [2.24, 2.45) is 0 Å². The van der Waals surface area contributed by atoms with Gasteiger partial charge in [0, 0.05) is 16.4 Å². The molecule has 0 atom stereocenters. The van der Waals surface area contributed by atoms with Crippen LogP contribution in [-0.2, 0) is 6.42 Å². The summed E-state index contributed by atoms with van der Waals surface area (Å²) in [5.41, 5.74) is 1.76. The van der Waals surface area contributed by atoms with Crippen LogP contribution in [0.2, 0.25) is 0 Å². The van der Waals surface area contributed by atoms with Gasteiger partial charge in [0.15, 0.2) is 5.69 Å². The molecule has 0 aliphatic carbocycles. The summed E-state index contributed by atoms with van der Waals surface area (Å²) in [6.07, 6.45) is 2.26. The number of hydrogen-bond donors (Lipinski definition) is 2. The lowest BCUT2D eigenvalue weighted by Crippen LogP contribution is -2.14. The van der Waals surface area contributed by atoms with Crippen LogP contribution < -0.4 is 5.32 Å². The molecule has 0 radical (unpaired) electrons. The van der Waals surface area contributed by atoms with E-state index in [0.29, 0.717) is 0 Å². The van der Waals surface area contributed by atoms with E-state index in [9.17, 15) is 9.90 Å². The number of nitrogens with one attached hydrogen (secondary N) is 1. The van der Waals surface area contributed by atoms with Crippen LogP contribution in [0.5, 0.6) is 5.75 Å². The maximum absolute atomic E-state index is 12.0. The van der Waals surface area contributed by atoms with Crippen molar-refractivity contribution in [3.05, 3.63) is 52.3 Å². The Morgan fingerprint density at radius 2 is 2.21 bits per heavy atom. The van der Waals surface area contributed by atoms with E-state index >= 15 is 0 Å². The van der Waals surface area contributed by atoms with Crippen LogP contribution in [0.25, 0.3) is 0 Å². The topological polar surface area (TPSA) is 62.2 Å². The smallest absolute Gasteiger partial charge is 0.278 e. The van der Waals surface area contributed by atoms with Crippen LogP contribution in [-0.4, -0.2) is 16.0 Å². The maximum Gasteiger partial charge on any atom is 0.278 e. The van der Waals surface area contributed by atoms with E-state index in [1.807, 2.05) is 25.1 Å². The highest BCUT2D eigenvalue weighted by molar-refractivity contribution is 9.10. The van der Waals surface area contributed by atoms with Crippen LogP contribution in [0.4, 0.5) is 5.69 Å². The van der Waals surface area contributed by atoms with Gasteiger partial charge in [0.05, 0.1) is 0 Å². The molecule has 1 aromatic carbocycles. The van der Waals surface area contributed by atoms with Crippen LogP contribution in [0.15, 0.2) is 41.0 Å². The molecule has 0 fully saturated rings. The Balaban J connectivity index is 2.27. The van der Waals surface area contributed by atoms with Crippen molar-refractivity contribution in [2.45, 2.75) is 13.3 Å². The van der Waals surface area contributed by atoms with Gasteiger partial charge in [0.2, 0.25) is 0 Å². The maximum atomic E-state index is 12.0. The van der Waals surface area contributed by atoms with Gasteiger partial charge >= 0.3 is 0 Å². The highest BCUT2D eigenvalue weighted by Gasteiger charge is 2.13. The molecule has 19 heavy (non-hydrogen) atoms. The number of carbonyl (C=O) groups excluding carboxylic acids is 1. The predicted molar refractivity (Wildman–Crippen MR) is 77.4 cm³/mol. The first-order chi connectivity index (χ1) is 9.11. The summed E-state index contributed by atoms with van der Waals surface area (Å²) in [5, 5.41) is 12.4. The molecule has 1 amide bonds. The van der Waals surface area contributed by atoms with Crippen LogP contribution in [0.3, 0.4) is 0 Å². The molecule has 0 spiro atoms. The highest BCUT2D eigenvalue weighted by Crippen LogP contribution is 2.23. The summed E-state index contributed by atoms with van der Waals surface area (Å²) in [5.74, 6) is -0.551.